The van der Waals surface area contributed by atoms with E-state index < -0.39 is 0 Å². The lowest BCUT2D eigenvalue weighted by Crippen LogP contribution is -2.51. The van der Waals surface area contributed by atoms with Crippen LogP contribution in [0.15, 0.2) is 12.7 Å². The number of nitrogens with one attached hydrogen (secondary N) is 1. The quantitative estimate of drug-likeness (QED) is 0.657. The van der Waals surface area contributed by atoms with Crippen molar-refractivity contribution in [2.24, 2.45) is 5.41 Å². The molecule has 6 heteroatoms. The lowest BCUT2D eigenvalue weighted by atomic mass is 9.86. The van der Waals surface area contributed by atoms with E-state index in [2.05, 4.69) is 27.6 Å². The number of thiol groups is 1. The van der Waals surface area contributed by atoms with Gasteiger partial charge in [0.15, 0.2) is 0 Å². The van der Waals surface area contributed by atoms with Crippen molar-refractivity contribution in [1.82, 2.24) is 19.5 Å². The van der Waals surface area contributed by atoms with Gasteiger partial charge in [-0.1, -0.05) is 12.8 Å². The van der Waals surface area contributed by atoms with Gasteiger partial charge in [-0.3, -0.25) is 9.40 Å². The van der Waals surface area contributed by atoms with Crippen LogP contribution in [-0.4, -0.2) is 34.5 Å². The Bertz CT molecular complexity index is 259. The topological polar surface area (TPSA) is 52.0 Å². The fraction of sp³-hybridized carbons (Fsp3) is 0.714. The molecule has 72 valence electrons. The molecule has 2 heterocycles. The van der Waals surface area contributed by atoms with Crippen molar-refractivity contribution in [2.75, 3.05) is 19.8 Å². The Morgan fingerprint density at radius 3 is 2.92 bits per heavy atom. The van der Waals surface area contributed by atoms with Gasteiger partial charge in [-0.05, 0) is 0 Å². The van der Waals surface area contributed by atoms with Gasteiger partial charge in [0.25, 0.3) is 0 Å². The second-order valence-corrected chi connectivity index (χ2v) is 3.74. The summed E-state index contributed by atoms with van der Waals surface area (Å²) < 4.78 is 9.91. The van der Waals surface area contributed by atoms with E-state index in [4.69, 9.17) is 4.74 Å². The molecule has 0 atom stereocenters. The zero-order valence-corrected chi connectivity index (χ0v) is 8.07. The van der Waals surface area contributed by atoms with Crippen molar-refractivity contribution < 1.29 is 4.74 Å². The second kappa shape index (κ2) is 3.65. The third-order valence-electron chi connectivity index (χ3n) is 2.23. The van der Waals surface area contributed by atoms with Crippen LogP contribution in [0.4, 0.5) is 0 Å². The number of aromatic nitrogens is 3. The summed E-state index contributed by atoms with van der Waals surface area (Å²) in [7, 11) is 0. The second-order valence-electron chi connectivity index (χ2n) is 3.42. The van der Waals surface area contributed by atoms with Crippen LogP contribution in [-0.2, 0) is 11.3 Å². The predicted octanol–water partition coefficient (Wildman–Crippen LogP) is -0.271. The fourth-order valence-electron chi connectivity index (χ4n) is 1.47. The lowest BCUT2D eigenvalue weighted by Gasteiger charge is -2.40. The molecule has 5 nitrogen and oxygen atoms in total. The van der Waals surface area contributed by atoms with E-state index in [0.717, 1.165) is 26.3 Å². The standard InChI is InChI=1S/C7H12N4OS/c13-10-1-7(3-12-4-7)2-11-6-8-5-9-11/h5-6,10,13H,1-4H2. The zero-order valence-electron chi connectivity index (χ0n) is 7.18. The average molecular weight is 200 g/mol. The van der Waals surface area contributed by atoms with Crippen LogP contribution in [0.3, 0.4) is 0 Å². The molecule has 1 aromatic rings. The molecule has 0 unspecified atom stereocenters. The molecule has 1 aliphatic rings. The molecule has 1 aromatic heterocycles. The highest BCUT2D eigenvalue weighted by Gasteiger charge is 2.38. The summed E-state index contributed by atoms with van der Waals surface area (Å²) >= 11 is 4.00. The molecule has 0 radical (unpaired) electrons. The van der Waals surface area contributed by atoms with Gasteiger partial charge in [-0.2, -0.15) is 5.10 Å². The van der Waals surface area contributed by atoms with Crippen LogP contribution in [0.1, 0.15) is 0 Å². The Kier molecular flexibility index (Phi) is 2.52. The van der Waals surface area contributed by atoms with E-state index in [1.54, 1.807) is 12.7 Å². The van der Waals surface area contributed by atoms with Crippen LogP contribution in [0.2, 0.25) is 0 Å². The highest BCUT2D eigenvalue weighted by atomic mass is 32.1. The fourth-order valence-corrected chi connectivity index (χ4v) is 1.80. The minimum atomic E-state index is 0.148. The van der Waals surface area contributed by atoms with Gasteiger partial charge >= 0.3 is 0 Å². The van der Waals surface area contributed by atoms with Crippen molar-refractivity contribution in [3.63, 3.8) is 0 Å². The van der Waals surface area contributed by atoms with Crippen molar-refractivity contribution in [3.05, 3.63) is 12.7 Å². The maximum Gasteiger partial charge on any atom is 0.137 e. The highest BCUT2D eigenvalue weighted by Crippen LogP contribution is 2.28. The molecular weight excluding hydrogens is 188 g/mol. The van der Waals surface area contributed by atoms with Crippen LogP contribution in [0.5, 0.6) is 0 Å². The third kappa shape index (κ3) is 1.84. The van der Waals surface area contributed by atoms with E-state index in [0.29, 0.717) is 0 Å². The average Bonchev–Trinajstić information content (AvgIpc) is 2.53. The molecule has 2 rings (SSSR count). The molecule has 1 N–H and O–H groups in total. The Morgan fingerprint density at radius 2 is 2.46 bits per heavy atom. The van der Waals surface area contributed by atoms with E-state index in [1.165, 1.54) is 0 Å². The number of nitrogens with zero attached hydrogens (tertiary/aromatic N) is 3. The Balaban J connectivity index is 1.98. The maximum atomic E-state index is 5.20. The van der Waals surface area contributed by atoms with Gasteiger partial charge in [0.2, 0.25) is 0 Å². The van der Waals surface area contributed by atoms with Gasteiger partial charge in [-0.15, -0.1) is 0 Å². The van der Waals surface area contributed by atoms with Crippen LogP contribution >= 0.6 is 12.8 Å². The van der Waals surface area contributed by atoms with Crippen LogP contribution < -0.4 is 4.72 Å². The zero-order chi connectivity index (χ0) is 9.15. The van der Waals surface area contributed by atoms with Gasteiger partial charge in [0.05, 0.1) is 25.2 Å². The molecule has 0 spiro atoms. The minimum absolute atomic E-state index is 0.148. The Hall–Kier alpha value is -0.590. The third-order valence-corrected chi connectivity index (χ3v) is 2.39. The first-order valence-electron chi connectivity index (χ1n) is 4.12. The van der Waals surface area contributed by atoms with Gasteiger partial charge in [-0.25, -0.2) is 4.98 Å². The van der Waals surface area contributed by atoms with E-state index in [-0.39, 0.29) is 5.41 Å². The van der Waals surface area contributed by atoms with Crippen LogP contribution in [0, 0.1) is 5.41 Å². The van der Waals surface area contributed by atoms with Crippen molar-refractivity contribution in [1.29, 1.82) is 0 Å². The Morgan fingerprint density at radius 1 is 1.62 bits per heavy atom. The first-order chi connectivity index (χ1) is 6.35. The predicted molar refractivity (Wildman–Crippen MR) is 50.3 cm³/mol. The van der Waals surface area contributed by atoms with E-state index in [1.807, 2.05) is 4.68 Å². The van der Waals surface area contributed by atoms with E-state index >= 15 is 0 Å². The SMILES string of the molecule is SNCC1(Cn2cncn2)COC1. The van der Waals surface area contributed by atoms with Crippen molar-refractivity contribution >= 4 is 12.8 Å². The molecule has 0 aliphatic carbocycles. The highest BCUT2D eigenvalue weighted by molar-refractivity contribution is 7.78. The van der Waals surface area contributed by atoms with E-state index in [9.17, 15) is 0 Å². The number of hydrogen-bond acceptors (Lipinski definition) is 5. The normalized spacial score (nSPS) is 19.8. The summed E-state index contributed by atoms with van der Waals surface area (Å²) in [6.45, 7) is 3.19. The number of rotatable bonds is 4. The minimum Gasteiger partial charge on any atom is -0.380 e. The molecule has 0 bridgehead atoms. The molecular formula is C7H12N4OS. The summed E-state index contributed by atoms with van der Waals surface area (Å²) in [5.74, 6) is 0. The van der Waals surface area contributed by atoms with Gasteiger partial charge in [0.1, 0.15) is 12.7 Å². The van der Waals surface area contributed by atoms with Gasteiger partial charge in [0, 0.05) is 6.54 Å². The lowest BCUT2D eigenvalue weighted by molar-refractivity contribution is -0.118. The molecule has 0 amide bonds. The summed E-state index contributed by atoms with van der Waals surface area (Å²) in [6.07, 6.45) is 3.26. The first kappa shape index (κ1) is 8.98. The molecule has 1 fully saturated rings. The van der Waals surface area contributed by atoms with Crippen molar-refractivity contribution in [2.45, 2.75) is 6.54 Å². The molecule has 1 saturated heterocycles. The summed E-state index contributed by atoms with van der Waals surface area (Å²) in [5, 5.41) is 4.06. The summed E-state index contributed by atoms with van der Waals surface area (Å²) in [5.41, 5.74) is 0.148. The van der Waals surface area contributed by atoms with Crippen LogP contribution in [0.25, 0.3) is 0 Å². The maximum absolute atomic E-state index is 5.20. The molecule has 0 saturated carbocycles. The molecule has 1 aliphatic heterocycles. The van der Waals surface area contributed by atoms with Gasteiger partial charge < -0.3 is 4.74 Å². The number of ether oxygens (including phenoxy) is 1. The smallest absolute Gasteiger partial charge is 0.137 e. The largest absolute Gasteiger partial charge is 0.380 e. The summed E-state index contributed by atoms with van der Waals surface area (Å²) in [4.78, 5) is 3.90. The molecule has 0 aromatic carbocycles. The molecule has 13 heavy (non-hydrogen) atoms. The summed E-state index contributed by atoms with van der Waals surface area (Å²) in [6, 6.07) is 0. The Labute approximate surface area is 82.0 Å². The number of hydrogen-bond donors (Lipinski definition) is 2. The first-order valence-corrected chi connectivity index (χ1v) is 4.56. The monoisotopic (exact) mass is 200 g/mol. The van der Waals surface area contributed by atoms with Crippen molar-refractivity contribution in [3.8, 4) is 0 Å².